The molecule has 0 spiro atoms. The van der Waals surface area contributed by atoms with Gasteiger partial charge in [-0.25, -0.2) is 0 Å². The van der Waals surface area contributed by atoms with Crippen molar-refractivity contribution in [3.8, 4) is 0 Å². The maximum atomic E-state index is 5.34. The second-order valence-corrected chi connectivity index (χ2v) is 4.73. The molecule has 2 atom stereocenters. The fourth-order valence-corrected chi connectivity index (χ4v) is 1.94. The predicted octanol–water partition coefficient (Wildman–Crippen LogP) is 2.85. The minimum Gasteiger partial charge on any atom is -0.381 e. The van der Waals surface area contributed by atoms with E-state index in [-0.39, 0.29) is 0 Å². The molecule has 0 saturated heterocycles. The lowest BCUT2D eigenvalue weighted by Gasteiger charge is -2.26. The summed E-state index contributed by atoms with van der Waals surface area (Å²) in [4.78, 5) is 0. The smallest absolute Gasteiger partial charge is 0.0574 e. The van der Waals surface area contributed by atoms with Crippen LogP contribution in [0.15, 0.2) is 0 Å². The van der Waals surface area contributed by atoms with E-state index >= 15 is 0 Å². The highest BCUT2D eigenvalue weighted by Gasteiger charge is 2.32. The minimum atomic E-state index is 0.479. The molecular weight excluding hydrogens is 136 g/mol. The van der Waals surface area contributed by atoms with E-state index in [9.17, 15) is 0 Å². The zero-order valence-corrected chi connectivity index (χ0v) is 8.18. The second kappa shape index (κ2) is 3.14. The Morgan fingerprint density at radius 2 is 1.82 bits per heavy atom. The van der Waals surface area contributed by atoms with Gasteiger partial charge in [0.05, 0.1) is 6.10 Å². The number of hydrogen-bond donors (Lipinski definition) is 0. The topological polar surface area (TPSA) is 9.23 Å². The summed E-state index contributed by atoms with van der Waals surface area (Å²) in [6, 6.07) is 0. The van der Waals surface area contributed by atoms with Gasteiger partial charge >= 0.3 is 0 Å². The molecule has 11 heavy (non-hydrogen) atoms. The van der Waals surface area contributed by atoms with E-state index in [1.54, 1.807) is 0 Å². The van der Waals surface area contributed by atoms with Crippen molar-refractivity contribution < 1.29 is 4.74 Å². The third-order valence-electron chi connectivity index (χ3n) is 2.94. The monoisotopic (exact) mass is 156 g/mol. The number of ether oxygens (including phenoxy) is 1. The van der Waals surface area contributed by atoms with Gasteiger partial charge < -0.3 is 4.74 Å². The SMILES string of the molecule is CO[C@H]1CC[C@@H](C(C)(C)C)C1. The van der Waals surface area contributed by atoms with Gasteiger partial charge in [0.2, 0.25) is 0 Å². The normalized spacial score (nSPS) is 32.7. The van der Waals surface area contributed by atoms with Crippen molar-refractivity contribution in [2.45, 2.75) is 46.1 Å². The summed E-state index contributed by atoms with van der Waals surface area (Å²) >= 11 is 0. The predicted molar refractivity (Wildman–Crippen MR) is 47.6 cm³/mol. The molecule has 1 aliphatic rings. The molecule has 1 heteroatoms. The van der Waals surface area contributed by atoms with Gasteiger partial charge in [0.15, 0.2) is 0 Å². The standard InChI is InChI=1S/C10H20O/c1-10(2,3)8-5-6-9(7-8)11-4/h8-9H,5-7H2,1-4H3/t8-,9+/m1/s1. The molecule has 0 bridgehead atoms. The Bertz CT molecular complexity index is 123. The van der Waals surface area contributed by atoms with Crippen LogP contribution >= 0.6 is 0 Å². The van der Waals surface area contributed by atoms with Crippen LogP contribution in [0.5, 0.6) is 0 Å². The highest BCUT2D eigenvalue weighted by molar-refractivity contribution is 4.83. The molecule has 1 aliphatic carbocycles. The Morgan fingerprint density at radius 3 is 2.09 bits per heavy atom. The average molecular weight is 156 g/mol. The van der Waals surface area contributed by atoms with Crippen molar-refractivity contribution >= 4 is 0 Å². The van der Waals surface area contributed by atoms with Crippen molar-refractivity contribution in [2.75, 3.05) is 7.11 Å². The first-order valence-corrected chi connectivity index (χ1v) is 4.57. The molecular formula is C10H20O. The van der Waals surface area contributed by atoms with E-state index < -0.39 is 0 Å². The molecule has 1 nitrogen and oxygen atoms in total. The fraction of sp³-hybridized carbons (Fsp3) is 1.00. The van der Waals surface area contributed by atoms with Crippen LogP contribution < -0.4 is 0 Å². The van der Waals surface area contributed by atoms with E-state index in [1.165, 1.54) is 19.3 Å². The van der Waals surface area contributed by atoms with Gasteiger partial charge in [0.1, 0.15) is 0 Å². The lowest BCUT2D eigenvalue weighted by Crippen LogP contribution is -2.18. The summed E-state index contributed by atoms with van der Waals surface area (Å²) in [6.07, 6.45) is 4.42. The van der Waals surface area contributed by atoms with Gasteiger partial charge in [-0.3, -0.25) is 0 Å². The first kappa shape index (κ1) is 9.05. The van der Waals surface area contributed by atoms with Gasteiger partial charge in [-0.2, -0.15) is 0 Å². The van der Waals surface area contributed by atoms with Gasteiger partial charge in [-0.05, 0) is 30.6 Å². The van der Waals surface area contributed by atoms with Crippen LogP contribution in [-0.4, -0.2) is 13.2 Å². The Labute approximate surface area is 70.1 Å². The van der Waals surface area contributed by atoms with Gasteiger partial charge in [0.25, 0.3) is 0 Å². The molecule has 1 rings (SSSR count). The van der Waals surface area contributed by atoms with Crippen LogP contribution in [0, 0.1) is 11.3 Å². The zero-order valence-electron chi connectivity index (χ0n) is 8.18. The molecule has 0 radical (unpaired) electrons. The molecule has 0 aliphatic heterocycles. The number of rotatable bonds is 1. The van der Waals surface area contributed by atoms with Crippen LogP contribution in [0.4, 0.5) is 0 Å². The summed E-state index contributed by atoms with van der Waals surface area (Å²) in [7, 11) is 1.83. The fourth-order valence-electron chi connectivity index (χ4n) is 1.94. The Balaban J connectivity index is 2.42. The molecule has 0 unspecified atom stereocenters. The molecule has 66 valence electrons. The van der Waals surface area contributed by atoms with Crippen molar-refractivity contribution in [1.29, 1.82) is 0 Å². The van der Waals surface area contributed by atoms with E-state index in [0.29, 0.717) is 11.5 Å². The van der Waals surface area contributed by atoms with E-state index in [4.69, 9.17) is 4.74 Å². The quantitative estimate of drug-likeness (QED) is 0.567. The lowest BCUT2D eigenvalue weighted by molar-refractivity contribution is 0.0968. The van der Waals surface area contributed by atoms with Crippen molar-refractivity contribution in [3.05, 3.63) is 0 Å². The van der Waals surface area contributed by atoms with Crippen molar-refractivity contribution in [2.24, 2.45) is 11.3 Å². The third-order valence-corrected chi connectivity index (χ3v) is 2.94. The van der Waals surface area contributed by atoms with Crippen molar-refractivity contribution in [1.82, 2.24) is 0 Å². The highest BCUT2D eigenvalue weighted by atomic mass is 16.5. The maximum Gasteiger partial charge on any atom is 0.0574 e. The minimum absolute atomic E-state index is 0.479. The molecule has 0 aromatic rings. The Morgan fingerprint density at radius 1 is 1.18 bits per heavy atom. The van der Waals surface area contributed by atoms with Gasteiger partial charge in [-0.1, -0.05) is 20.8 Å². The molecule has 0 N–H and O–H groups in total. The maximum absolute atomic E-state index is 5.34. The van der Waals surface area contributed by atoms with E-state index in [0.717, 1.165) is 5.92 Å². The second-order valence-electron chi connectivity index (χ2n) is 4.73. The molecule has 0 heterocycles. The number of methoxy groups -OCH3 is 1. The molecule has 0 aromatic heterocycles. The van der Waals surface area contributed by atoms with Crippen LogP contribution in [0.2, 0.25) is 0 Å². The van der Waals surface area contributed by atoms with E-state index in [1.807, 2.05) is 7.11 Å². The van der Waals surface area contributed by atoms with Crippen LogP contribution in [0.1, 0.15) is 40.0 Å². The molecule has 1 fully saturated rings. The van der Waals surface area contributed by atoms with Crippen LogP contribution in [0.3, 0.4) is 0 Å². The number of hydrogen-bond acceptors (Lipinski definition) is 1. The van der Waals surface area contributed by atoms with Gasteiger partial charge in [-0.15, -0.1) is 0 Å². The highest BCUT2D eigenvalue weighted by Crippen LogP contribution is 2.39. The summed E-state index contributed by atoms with van der Waals surface area (Å²) in [5.74, 6) is 0.868. The third kappa shape index (κ3) is 2.19. The average Bonchev–Trinajstić information content (AvgIpc) is 2.32. The molecule has 1 saturated carbocycles. The molecule has 0 amide bonds. The molecule has 0 aromatic carbocycles. The summed E-state index contributed by atoms with van der Waals surface area (Å²) in [6.45, 7) is 6.99. The first-order chi connectivity index (χ1) is 5.04. The Kier molecular flexibility index (Phi) is 2.58. The first-order valence-electron chi connectivity index (χ1n) is 4.57. The largest absolute Gasteiger partial charge is 0.381 e. The van der Waals surface area contributed by atoms with Crippen molar-refractivity contribution in [3.63, 3.8) is 0 Å². The summed E-state index contributed by atoms with van der Waals surface area (Å²) in [5, 5.41) is 0. The lowest BCUT2D eigenvalue weighted by atomic mass is 9.80. The van der Waals surface area contributed by atoms with Crippen LogP contribution in [0.25, 0.3) is 0 Å². The van der Waals surface area contributed by atoms with Crippen LogP contribution in [-0.2, 0) is 4.74 Å². The summed E-state index contributed by atoms with van der Waals surface area (Å²) < 4.78 is 5.34. The Hall–Kier alpha value is -0.0400. The zero-order chi connectivity index (χ0) is 8.48. The van der Waals surface area contributed by atoms with Gasteiger partial charge in [0, 0.05) is 7.11 Å². The van der Waals surface area contributed by atoms with E-state index in [2.05, 4.69) is 20.8 Å². The summed E-state index contributed by atoms with van der Waals surface area (Å²) in [5.41, 5.74) is 0.479.